The van der Waals surface area contributed by atoms with Gasteiger partial charge in [0.25, 0.3) is 0 Å². The van der Waals surface area contributed by atoms with Gasteiger partial charge < -0.3 is 14.5 Å². The summed E-state index contributed by atoms with van der Waals surface area (Å²) >= 11 is 4.70. The van der Waals surface area contributed by atoms with Crippen LogP contribution < -0.4 is 10.1 Å². The standard InChI is InChI=1S/C23H21BrN4O3S/c1-16-4-10-19(11-5-16)31-14-21-26-27-23(28(21)13-20-3-2-12-30-20)32-15-22(29)25-18-8-6-17(24)7-9-18/h2-12H,13-15H2,1H3,(H,25,29). The summed E-state index contributed by atoms with van der Waals surface area (Å²) in [5.74, 6) is 2.25. The average Bonchev–Trinajstić information content (AvgIpc) is 3.44. The maximum absolute atomic E-state index is 12.4. The van der Waals surface area contributed by atoms with Gasteiger partial charge in [-0.05, 0) is 55.5 Å². The highest BCUT2D eigenvalue weighted by Gasteiger charge is 2.16. The Morgan fingerprint density at radius 3 is 2.62 bits per heavy atom. The maximum Gasteiger partial charge on any atom is 0.234 e. The molecule has 4 rings (SSSR count). The van der Waals surface area contributed by atoms with Crippen molar-refractivity contribution < 1.29 is 13.9 Å². The van der Waals surface area contributed by atoms with Crippen LogP contribution in [0.5, 0.6) is 5.75 Å². The molecule has 1 amide bonds. The van der Waals surface area contributed by atoms with Crippen LogP contribution in [0.3, 0.4) is 0 Å². The minimum Gasteiger partial charge on any atom is -0.486 e. The molecule has 0 saturated carbocycles. The lowest BCUT2D eigenvalue weighted by Crippen LogP contribution is -2.15. The molecule has 0 fully saturated rings. The van der Waals surface area contributed by atoms with Crippen molar-refractivity contribution >= 4 is 39.3 Å². The Bertz CT molecular complexity index is 1160. The molecule has 2 heterocycles. The Kier molecular flexibility index (Phi) is 7.28. The number of anilines is 1. The summed E-state index contributed by atoms with van der Waals surface area (Å²) in [6.07, 6.45) is 1.63. The van der Waals surface area contributed by atoms with Crippen molar-refractivity contribution in [3.05, 3.63) is 88.5 Å². The zero-order valence-corrected chi connectivity index (χ0v) is 19.7. The maximum atomic E-state index is 12.4. The van der Waals surface area contributed by atoms with Crippen LogP contribution in [-0.2, 0) is 17.9 Å². The first-order valence-corrected chi connectivity index (χ1v) is 11.7. The topological polar surface area (TPSA) is 82.2 Å². The van der Waals surface area contributed by atoms with E-state index in [2.05, 4.69) is 31.4 Å². The van der Waals surface area contributed by atoms with Gasteiger partial charge in [0.15, 0.2) is 11.0 Å². The summed E-state index contributed by atoms with van der Waals surface area (Å²) in [4.78, 5) is 12.4. The number of ether oxygens (including phenoxy) is 1. The molecule has 0 spiro atoms. The van der Waals surface area contributed by atoms with Gasteiger partial charge >= 0.3 is 0 Å². The van der Waals surface area contributed by atoms with Gasteiger partial charge in [0.2, 0.25) is 5.91 Å². The molecule has 2 aromatic heterocycles. The number of nitrogens with zero attached hydrogens (tertiary/aromatic N) is 3. The number of carbonyl (C=O) groups excluding carboxylic acids is 1. The van der Waals surface area contributed by atoms with E-state index in [0.717, 1.165) is 21.7 Å². The van der Waals surface area contributed by atoms with Gasteiger partial charge in [-0.1, -0.05) is 45.4 Å². The van der Waals surface area contributed by atoms with E-state index in [1.54, 1.807) is 6.26 Å². The van der Waals surface area contributed by atoms with Gasteiger partial charge in [-0.25, -0.2) is 0 Å². The molecule has 9 heteroatoms. The molecule has 0 atom stereocenters. The number of rotatable bonds is 9. The fourth-order valence-electron chi connectivity index (χ4n) is 2.89. The molecule has 1 N–H and O–H groups in total. The van der Waals surface area contributed by atoms with E-state index in [4.69, 9.17) is 9.15 Å². The Hall–Kier alpha value is -3.04. The number of nitrogens with one attached hydrogen (secondary N) is 1. The van der Waals surface area contributed by atoms with Crippen molar-refractivity contribution in [1.82, 2.24) is 14.8 Å². The molecule has 7 nitrogen and oxygen atoms in total. The summed E-state index contributed by atoms with van der Waals surface area (Å²) in [6.45, 7) is 2.73. The van der Waals surface area contributed by atoms with Gasteiger partial charge in [-0.3, -0.25) is 9.36 Å². The highest BCUT2D eigenvalue weighted by atomic mass is 79.9. The molecule has 0 radical (unpaired) electrons. The Balaban J connectivity index is 1.43. The zero-order chi connectivity index (χ0) is 22.3. The van der Waals surface area contributed by atoms with E-state index in [0.29, 0.717) is 17.5 Å². The molecule has 4 aromatic rings. The predicted octanol–water partition coefficient (Wildman–Crippen LogP) is 5.30. The molecule has 2 aromatic carbocycles. The van der Waals surface area contributed by atoms with Crippen molar-refractivity contribution in [3.8, 4) is 5.75 Å². The molecule has 0 aliphatic rings. The predicted molar refractivity (Wildman–Crippen MR) is 127 cm³/mol. The molecule has 0 saturated heterocycles. The first-order chi connectivity index (χ1) is 15.6. The van der Waals surface area contributed by atoms with Crippen LogP contribution in [0.4, 0.5) is 5.69 Å². The summed E-state index contributed by atoms with van der Waals surface area (Å²) in [6, 6.07) is 19.0. The normalized spacial score (nSPS) is 10.8. The third-order valence-corrected chi connectivity index (χ3v) is 6.03. The van der Waals surface area contributed by atoms with E-state index >= 15 is 0 Å². The summed E-state index contributed by atoms with van der Waals surface area (Å²) < 4.78 is 14.2. The highest BCUT2D eigenvalue weighted by Crippen LogP contribution is 2.21. The fraction of sp³-hybridized carbons (Fsp3) is 0.174. The van der Waals surface area contributed by atoms with Gasteiger partial charge in [-0.15, -0.1) is 10.2 Å². The second-order valence-electron chi connectivity index (χ2n) is 7.01. The van der Waals surface area contributed by atoms with Crippen LogP contribution >= 0.6 is 27.7 Å². The minimum atomic E-state index is -0.123. The summed E-state index contributed by atoms with van der Waals surface area (Å²) in [5.41, 5.74) is 1.90. The van der Waals surface area contributed by atoms with E-state index in [1.165, 1.54) is 17.3 Å². The molecular weight excluding hydrogens is 492 g/mol. The van der Waals surface area contributed by atoms with Crippen molar-refractivity contribution in [2.45, 2.75) is 25.2 Å². The summed E-state index contributed by atoms with van der Waals surface area (Å²) in [5, 5.41) is 12.1. The van der Waals surface area contributed by atoms with Crippen molar-refractivity contribution in [2.75, 3.05) is 11.1 Å². The Morgan fingerprint density at radius 2 is 1.91 bits per heavy atom. The van der Waals surface area contributed by atoms with E-state index < -0.39 is 0 Å². The number of aromatic nitrogens is 3. The number of furan rings is 1. The number of hydrogen-bond donors (Lipinski definition) is 1. The molecule has 0 aliphatic carbocycles. The third kappa shape index (κ3) is 6.02. The number of benzene rings is 2. The fourth-order valence-corrected chi connectivity index (χ4v) is 3.91. The largest absolute Gasteiger partial charge is 0.486 e. The summed E-state index contributed by atoms with van der Waals surface area (Å²) in [7, 11) is 0. The van der Waals surface area contributed by atoms with E-state index in [9.17, 15) is 4.79 Å². The quantitative estimate of drug-likeness (QED) is 0.306. The van der Waals surface area contributed by atoms with Gasteiger partial charge in [0, 0.05) is 10.2 Å². The number of amides is 1. The number of hydrogen-bond acceptors (Lipinski definition) is 6. The molecule has 32 heavy (non-hydrogen) atoms. The van der Waals surface area contributed by atoms with Crippen LogP contribution in [0.2, 0.25) is 0 Å². The van der Waals surface area contributed by atoms with Crippen molar-refractivity contribution in [2.24, 2.45) is 0 Å². The van der Waals surface area contributed by atoms with Gasteiger partial charge in [0.05, 0.1) is 18.6 Å². The van der Waals surface area contributed by atoms with Crippen LogP contribution in [0.25, 0.3) is 0 Å². The van der Waals surface area contributed by atoms with Crippen molar-refractivity contribution in [1.29, 1.82) is 0 Å². The van der Waals surface area contributed by atoms with Crippen LogP contribution in [-0.4, -0.2) is 26.4 Å². The van der Waals surface area contributed by atoms with E-state index in [-0.39, 0.29) is 18.3 Å². The third-order valence-electron chi connectivity index (χ3n) is 4.54. The van der Waals surface area contributed by atoms with Gasteiger partial charge in [0.1, 0.15) is 18.1 Å². The highest BCUT2D eigenvalue weighted by molar-refractivity contribution is 9.10. The van der Waals surface area contributed by atoms with Crippen LogP contribution in [0.1, 0.15) is 17.1 Å². The zero-order valence-electron chi connectivity index (χ0n) is 17.3. The van der Waals surface area contributed by atoms with Crippen molar-refractivity contribution in [3.63, 3.8) is 0 Å². The molecule has 0 unspecified atom stereocenters. The molecule has 164 valence electrons. The lowest BCUT2D eigenvalue weighted by Gasteiger charge is -2.10. The second-order valence-corrected chi connectivity index (χ2v) is 8.87. The average molecular weight is 513 g/mol. The minimum absolute atomic E-state index is 0.123. The monoisotopic (exact) mass is 512 g/mol. The number of aryl methyl sites for hydroxylation is 1. The lowest BCUT2D eigenvalue weighted by molar-refractivity contribution is -0.113. The van der Waals surface area contributed by atoms with E-state index in [1.807, 2.05) is 72.2 Å². The lowest BCUT2D eigenvalue weighted by atomic mass is 10.2. The SMILES string of the molecule is Cc1ccc(OCc2nnc(SCC(=O)Nc3ccc(Br)cc3)n2Cc2ccco2)cc1. The Morgan fingerprint density at radius 1 is 1.12 bits per heavy atom. The molecule has 0 bridgehead atoms. The smallest absolute Gasteiger partial charge is 0.234 e. The first kappa shape index (κ1) is 22.2. The number of halogens is 1. The number of thioether (sulfide) groups is 1. The first-order valence-electron chi connectivity index (χ1n) is 9.89. The second kappa shape index (κ2) is 10.5. The molecule has 0 aliphatic heterocycles. The van der Waals surface area contributed by atoms with Gasteiger partial charge in [-0.2, -0.15) is 0 Å². The van der Waals surface area contributed by atoms with Crippen LogP contribution in [0.15, 0.2) is 81.0 Å². The number of carbonyl (C=O) groups is 1. The molecular formula is C23H21BrN4O3S. The Labute approximate surface area is 198 Å². The van der Waals surface area contributed by atoms with Crippen LogP contribution in [0, 0.1) is 6.92 Å².